The highest BCUT2D eigenvalue weighted by Gasteiger charge is 2.29. The summed E-state index contributed by atoms with van der Waals surface area (Å²) in [4.78, 5) is 11.3. The minimum Gasteiger partial charge on any atom is -0.476 e. The van der Waals surface area contributed by atoms with Crippen LogP contribution in [0.1, 0.15) is 37.0 Å². The van der Waals surface area contributed by atoms with E-state index in [4.69, 9.17) is 11.6 Å². The Morgan fingerprint density at radius 2 is 2.05 bits per heavy atom. The van der Waals surface area contributed by atoms with E-state index in [1.54, 1.807) is 22.9 Å². The van der Waals surface area contributed by atoms with Gasteiger partial charge in [-0.15, -0.1) is 0 Å². The zero-order valence-corrected chi connectivity index (χ0v) is 13.7. The standard InChI is InChI=1S/C14H14BrClN2O2/c1-14(2,3)12-10(15)11(13(19)20)17-18(12)9-6-4-5-8(16)7-9/h4-7H,1-3H3,(H,19,20). The van der Waals surface area contributed by atoms with Gasteiger partial charge in [0.2, 0.25) is 0 Å². The number of carbonyl (C=O) groups is 1. The largest absolute Gasteiger partial charge is 0.476 e. The third-order valence-corrected chi connectivity index (χ3v) is 3.78. The first-order valence-electron chi connectivity index (χ1n) is 6.00. The number of nitrogens with zero attached hydrogens (tertiary/aromatic N) is 2. The maximum absolute atomic E-state index is 11.3. The molecule has 1 N–H and O–H groups in total. The van der Waals surface area contributed by atoms with Crippen LogP contribution in [0, 0.1) is 0 Å². The topological polar surface area (TPSA) is 55.1 Å². The quantitative estimate of drug-likeness (QED) is 0.872. The highest BCUT2D eigenvalue weighted by molar-refractivity contribution is 9.10. The summed E-state index contributed by atoms with van der Waals surface area (Å²) in [6.45, 7) is 6.00. The summed E-state index contributed by atoms with van der Waals surface area (Å²) in [5, 5.41) is 14.0. The molecule has 4 nitrogen and oxygen atoms in total. The number of hydrogen-bond acceptors (Lipinski definition) is 2. The van der Waals surface area contributed by atoms with Gasteiger partial charge >= 0.3 is 5.97 Å². The molecule has 0 radical (unpaired) electrons. The SMILES string of the molecule is CC(C)(C)c1c(Br)c(C(=O)O)nn1-c1cccc(Cl)c1. The number of aromatic carboxylic acids is 1. The average molecular weight is 358 g/mol. The van der Waals surface area contributed by atoms with Gasteiger partial charge in [-0.3, -0.25) is 0 Å². The maximum Gasteiger partial charge on any atom is 0.357 e. The van der Waals surface area contributed by atoms with E-state index in [0.717, 1.165) is 11.4 Å². The molecule has 106 valence electrons. The predicted molar refractivity (Wildman–Crippen MR) is 81.9 cm³/mol. The molecule has 0 spiro atoms. The van der Waals surface area contributed by atoms with E-state index < -0.39 is 5.97 Å². The van der Waals surface area contributed by atoms with Gasteiger partial charge in [0.25, 0.3) is 0 Å². The van der Waals surface area contributed by atoms with Gasteiger partial charge in [-0.25, -0.2) is 9.48 Å². The highest BCUT2D eigenvalue weighted by atomic mass is 79.9. The molecule has 2 rings (SSSR count). The molecular weight excluding hydrogens is 344 g/mol. The first-order chi connectivity index (χ1) is 9.21. The van der Waals surface area contributed by atoms with Crippen molar-refractivity contribution in [3.05, 3.63) is 45.1 Å². The molecular formula is C14H14BrClN2O2. The van der Waals surface area contributed by atoms with Gasteiger partial charge in [-0.05, 0) is 34.1 Å². The van der Waals surface area contributed by atoms with E-state index in [2.05, 4.69) is 21.0 Å². The molecule has 1 aromatic heterocycles. The van der Waals surface area contributed by atoms with Crippen LogP contribution in [0.3, 0.4) is 0 Å². The van der Waals surface area contributed by atoms with Gasteiger partial charge in [0.1, 0.15) is 0 Å². The van der Waals surface area contributed by atoms with Gasteiger partial charge in [0, 0.05) is 10.4 Å². The van der Waals surface area contributed by atoms with E-state index in [9.17, 15) is 9.90 Å². The van der Waals surface area contributed by atoms with Crippen LogP contribution in [0.2, 0.25) is 5.02 Å². The minimum atomic E-state index is -1.07. The van der Waals surface area contributed by atoms with Crippen molar-refractivity contribution in [1.29, 1.82) is 0 Å². The molecule has 0 saturated heterocycles. The minimum absolute atomic E-state index is 0.00472. The van der Waals surface area contributed by atoms with E-state index in [1.807, 2.05) is 26.8 Å². The van der Waals surface area contributed by atoms with Crippen LogP contribution in [0.25, 0.3) is 5.69 Å². The van der Waals surface area contributed by atoms with Crippen molar-refractivity contribution in [2.24, 2.45) is 0 Å². The van der Waals surface area contributed by atoms with E-state index in [-0.39, 0.29) is 11.1 Å². The molecule has 0 fully saturated rings. The second-order valence-corrected chi connectivity index (χ2v) is 6.69. The fraction of sp³-hybridized carbons (Fsp3) is 0.286. The third kappa shape index (κ3) is 2.74. The first-order valence-corrected chi connectivity index (χ1v) is 7.17. The Bertz CT molecular complexity index is 674. The number of halogens is 2. The summed E-state index contributed by atoms with van der Waals surface area (Å²) in [6.07, 6.45) is 0. The lowest BCUT2D eigenvalue weighted by atomic mass is 9.91. The van der Waals surface area contributed by atoms with Crippen LogP contribution in [-0.2, 0) is 5.41 Å². The van der Waals surface area contributed by atoms with Gasteiger partial charge < -0.3 is 5.11 Å². The molecule has 0 aliphatic heterocycles. The van der Waals surface area contributed by atoms with Crippen LogP contribution >= 0.6 is 27.5 Å². The summed E-state index contributed by atoms with van der Waals surface area (Å²) in [7, 11) is 0. The van der Waals surface area contributed by atoms with Crippen molar-refractivity contribution in [2.75, 3.05) is 0 Å². The number of hydrogen-bond donors (Lipinski definition) is 1. The first kappa shape index (κ1) is 15.1. The second kappa shape index (κ2) is 5.22. The lowest BCUT2D eigenvalue weighted by Gasteiger charge is -2.21. The number of benzene rings is 1. The molecule has 1 heterocycles. The van der Waals surface area contributed by atoms with Crippen molar-refractivity contribution in [2.45, 2.75) is 26.2 Å². The lowest BCUT2D eigenvalue weighted by Crippen LogP contribution is -2.18. The molecule has 6 heteroatoms. The van der Waals surface area contributed by atoms with Crippen molar-refractivity contribution in [3.63, 3.8) is 0 Å². The van der Waals surface area contributed by atoms with Crippen LogP contribution in [0.4, 0.5) is 0 Å². The summed E-state index contributed by atoms with van der Waals surface area (Å²) in [5.41, 5.74) is 1.24. The Hall–Kier alpha value is -1.33. The van der Waals surface area contributed by atoms with Crippen molar-refractivity contribution in [3.8, 4) is 5.69 Å². The zero-order valence-electron chi connectivity index (χ0n) is 11.3. The molecule has 0 unspecified atom stereocenters. The van der Waals surface area contributed by atoms with Gasteiger partial charge in [0.15, 0.2) is 5.69 Å². The molecule has 1 aromatic carbocycles. The van der Waals surface area contributed by atoms with Crippen molar-refractivity contribution in [1.82, 2.24) is 9.78 Å². The summed E-state index contributed by atoms with van der Waals surface area (Å²) in [5.74, 6) is -1.07. The Balaban J connectivity index is 2.75. The molecule has 0 bridgehead atoms. The average Bonchev–Trinajstić information content (AvgIpc) is 2.66. The number of rotatable bonds is 2. The summed E-state index contributed by atoms with van der Waals surface area (Å²) < 4.78 is 2.12. The molecule has 20 heavy (non-hydrogen) atoms. The fourth-order valence-corrected chi connectivity index (χ4v) is 3.17. The highest BCUT2D eigenvalue weighted by Crippen LogP contribution is 2.34. The number of carboxylic acid groups (broad SMARTS) is 1. The molecule has 0 aliphatic rings. The van der Waals surface area contributed by atoms with E-state index in [1.165, 1.54) is 0 Å². The smallest absolute Gasteiger partial charge is 0.357 e. The van der Waals surface area contributed by atoms with Crippen LogP contribution < -0.4 is 0 Å². The van der Waals surface area contributed by atoms with Crippen molar-refractivity contribution >= 4 is 33.5 Å². The van der Waals surface area contributed by atoms with Gasteiger partial charge in [-0.2, -0.15) is 5.10 Å². The molecule has 0 aliphatic carbocycles. The molecule has 2 aromatic rings. The molecule has 0 atom stereocenters. The Morgan fingerprint density at radius 1 is 1.40 bits per heavy atom. The second-order valence-electron chi connectivity index (χ2n) is 5.46. The Morgan fingerprint density at radius 3 is 2.55 bits per heavy atom. The third-order valence-electron chi connectivity index (χ3n) is 2.79. The fourth-order valence-electron chi connectivity index (χ4n) is 1.98. The van der Waals surface area contributed by atoms with Crippen molar-refractivity contribution < 1.29 is 9.90 Å². The Labute approximate surface area is 130 Å². The number of carboxylic acids is 1. The van der Waals surface area contributed by atoms with Crippen LogP contribution in [-0.4, -0.2) is 20.9 Å². The van der Waals surface area contributed by atoms with Gasteiger partial charge in [-0.1, -0.05) is 38.4 Å². The normalized spacial score (nSPS) is 11.7. The monoisotopic (exact) mass is 356 g/mol. The number of aromatic nitrogens is 2. The predicted octanol–water partition coefficient (Wildman–Crippen LogP) is 4.28. The van der Waals surface area contributed by atoms with E-state index >= 15 is 0 Å². The Kier molecular flexibility index (Phi) is 3.93. The molecule has 0 amide bonds. The lowest BCUT2D eigenvalue weighted by molar-refractivity contribution is 0.0689. The van der Waals surface area contributed by atoms with Crippen LogP contribution in [0.15, 0.2) is 28.7 Å². The summed E-state index contributed by atoms with van der Waals surface area (Å²) >= 11 is 9.36. The summed E-state index contributed by atoms with van der Waals surface area (Å²) in [6, 6.07) is 7.16. The molecule has 0 saturated carbocycles. The van der Waals surface area contributed by atoms with Gasteiger partial charge in [0.05, 0.1) is 15.9 Å². The maximum atomic E-state index is 11.3. The van der Waals surface area contributed by atoms with E-state index in [0.29, 0.717) is 9.50 Å². The van der Waals surface area contributed by atoms with Crippen LogP contribution in [0.5, 0.6) is 0 Å². The zero-order chi connectivity index (χ0) is 15.1.